The van der Waals surface area contributed by atoms with Crippen LogP contribution in [0.15, 0.2) is 49.1 Å². The van der Waals surface area contributed by atoms with Gasteiger partial charge in [0.15, 0.2) is 18.1 Å². The third-order valence-electron chi connectivity index (χ3n) is 4.29. The van der Waals surface area contributed by atoms with Crippen LogP contribution in [0.25, 0.3) is 5.76 Å². The van der Waals surface area contributed by atoms with Gasteiger partial charge in [-0.3, -0.25) is 0 Å². The van der Waals surface area contributed by atoms with Crippen LogP contribution in [0.1, 0.15) is 17.0 Å². The molecular weight excluding hydrogens is 392 g/mol. The number of fused-ring (bicyclic) bond motifs is 1. The first-order valence-corrected chi connectivity index (χ1v) is 8.95. The van der Waals surface area contributed by atoms with Gasteiger partial charge in [-0.25, -0.2) is 4.79 Å². The highest BCUT2D eigenvalue weighted by atomic mass is 16.5. The van der Waals surface area contributed by atoms with E-state index < -0.39 is 18.5 Å². The van der Waals surface area contributed by atoms with Crippen LogP contribution in [-0.4, -0.2) is 42.8 Å². The Morgan fingerprint density at radius 1 is 1.23 bits per heavy atom. The summed E-state index contributed by atoms with van der Waals surface area (Å²) in [5.41, 5.74) is 0.886. The Labute approximate surface area is 172 Å². The maximum Gasteiger partial charge on any atom is 0.341 e. The molecule has 8 nitrogen and oxygen atoms in total. The molecule has 30 heavy (non-hydrogen) atoms. The second-order valence-electron chi connectivity index (χ2n) is 6.30. The summed E-state index contributed by atoms with van der Waals surface area (Å²) < 4.78 is 21.9. The number of aliphatic carboxylic acids is 1. The third kappa shape index (κ3) is 4.38. The van der Waals surface area contributed by atoms with E-state index in [0.29, 0.717) is 29.1 Å². The molecule has 1 unspecified atom stereocenters. The molecule has 0 bridgehead atoms. The molecule has 1 atom stereocenters. The summed E-state index contributed by atoms with van der Waals surface area (Å²) >= 11 is 0. The van der Waals surface area contributed by atoms with Crippen molar-refractivity contribution in [2.75, 3.05) is 20.3 Å². The summed E-state index contributed by atoms with van der Waals surface area (Å²) in [6.07, 6.45) is 3.85. The number of hydrogen-bond donors (Lipinski definition) is 2. The van der Waals surface area contributed by atoms with Gasteiger partial charge < -0.3 is 34.0 Å². The number of carbonyl (C=O) groups is 2. The largest absolute Gasteiger partial charge is 0.507 e. The highest BCUT2D eigenvalue weighted by Crippen LogP contribution is 2.44. The fraction of sp³-hybridized carbons (Fsp3) is 0.182. The number of hydrogen-bond acceptors (Lipinski definition) is 7. The van der Waals surface area contributed by atoms with E-state index in [4.69, 9.17) is 24.1 Å². The molecule has 2 aromatic carbocycles. The second kappa shape index (κ2) is 9.04. The van der Waals surface area contributed by atoms with Crippen molar-refractivity contribution in [3.63, 3.8) is 0 Å². The number of rotatable bonds is 9. The Morgan fingerprint density at radius 2 is 2.03 bits per heavy atom. The SMILES string of the molecule is C=CCOc1cc(C2=CC(C=O)c3c(O)cc(OCC(=O)O)cc3O2)ccc1OC. The molecule has 8 heteroatoms. The molecule has 156 valence electrons. The molecule has 0 spiro atoms. The van der Waals surface area contributed by atoms with E-state index in [1.807, 2.05) is 0 Å². The molecule has 0 saturated carbocycles. The lowest BCUT2D eigenvalue weighted by atomic mass is 9.94. The van der Waals surface area contributed by atoms with Gasteiger partial charge in [-0.05, 0) is 24.3 Å². The standard InChI is InChI=1S/C22H20O8/c1-3-6-28-19-7-13(4-5-17(19)27-2)18-8-14(11-23)22-16(24)9-15(10-20(22)30-18)29-12-21(25)26/h3-5,7-11,14,24H,1,6,12H2,2H3,(H,25,26). The number of carbonyl (C=O) groups excluding carboxylic acids is 1. The molecule has 0 saturated heterocycles. The van der Waals surface area contributed by atoms with Gasteiger partial charge in [-0.15, -0.1) is 0 Å². The number of aromatic hydroxyl groups is 1. The maximum atomic E-state index is 11.7. The molecule has 1 heterocycles. The van der Waals surface area contributed by atoms with Crippen LogP contribution in [0.5, 0.6) is 28.7 Å². The maximum absolute atomic E-state index is 11.7. The van der Waals surface area contributed by atoms with Crippen LogP contribution in [0.3, 0.4) is 0 Å². The number of phenols is 1. The average molecular weight is 412 g/mol. The topological polar surface area (TPSA) is 112 Å². The van der Waals surface area contributed by atoms with Crippen molar-refractivity contribution >= 4 is 18.0 Å². The van der Waals surface area contributed by atoms with Gasteiger partial charge in [0.25, 0.3) is 0 Å². The van der Waals surface area contributed by atoms with Gasteiger partial charge in [0.05, 0.1) is 18.6 Å². The van der Waals surface area contributed by atoms with Crippen molar-refractivity contribution < 1.29 is 38.7 Å². The zero-order valence-electron chi connectivity index (χ0n) is 16.2. The van der Waals surface area contributed by atoms with E-state index in [1.54, 1.807) is 30.4 Å². The number of allylic oxidation sites excluding steroid dienone is 1. The monoisotopic (exact) mass is 412 g/mol. The van der Waals surface area contributed by atoms with Crippen LogP contribution < -0.4 is 18.9 Å². The number of benzene rings is 2. The molecule has 0 aliphatic carbocycles. The van der Waals surface area contributed by atoms with Crippen LogP contribution in [0, 0.1) is 0 Å². The number of carboxylic acids is 1. The van der Waals surface area contributed by atoms with Crippen LogP contribution in [0.4, 0.5) is 0 Å². The minimum absolute atomic E-state index is 0.101. The lowest BCUT2D eigenvalue weighted by Gasteiger charge is -2.24. The molecule has 0 aromatic heterocycles. The number of phenolic OH excluding ortho intramolecular Hbond substituents is 1. The fourth-order valence-electron chi connectivity index (χ4n) is 2.99. The van der Waals surface area contributed by atoms with Crippen LogP contribution in [0.2, 0.25) is 0 Å². The zero-order chi connectivity index (χ0) is 21.7. The van der Waals surface area contributed by atoms with Crippen molar-refractivity contribution in [1.82, 2.24) is 0 Å². The molecule has 3 rings (SSSR count). The highest BCUT2D eigenvalue weighted by Gasteiger charge is 2.27. The number of aldehydes is 1. The van der Waals surface area contributed by atoms with Gasteiger partial charge in [-0.1, -0.05) is 12.7 Å². The summed E-state index contributed by atoms with van der Waals surface area (Å²) in [5.74, 6) is -0.522. The van der Waals surface area contributed by atoms with Crippen molar-refractivity contribution in [3.05, 3.63) is 60.2 Å². The summed E-state index contributed by atoms with van der Waals surface area (Å²) in [6.45, 7) is 3.31. The van der Waals surface area contributed by atoms with E-state index >= 15 is 0 Å². The summed E-state index contributed by atoms with van der Waals surface area (Å²) in [7, 11) is 1.52. The zero-order valence-corrected chi connectivity index (χ0v) is 16.2. The third-order valence-corrected chi connectivity index (χ3v) is 4.29. The van der Waals surface area contributed by atoms with E-state index in [0.717, 1.165) is 0 Å². The quantitative estimate of drug-likeness (QED) is 0.477. The molecule has 0 radical (unpaired) electrons. The smallest absolute Gasteiger partial charge is 0.341 e. The number of methoxy groups -OCH3 is 1. The molecule has 0 amide bonds. The molecule has 0 fully saturated rings. The number of carboxylic acid groups (broad SMARTS) is 1. The molecule has 2 N–H and O–H groups in total. The Bertz CT molecular complexity index is 1010. The Hall–Kier alpha value is -3.94. The van der Waals surface area contributed by atoms with E-state index in [1.165, 1.54) is 19.2 Å². The summed E-state index contributed by atoms with van der Waals surface area (Å²) in [6, 6.07) is 7.82. The van der Waals surface area contributed by atoms with Gasteiger partial charge in [0, 0.05) is 17.7 Å². The first-order chi connectivity index (χ1) is 14.5. The van der Waals surface area contributed by atoms with E-state index in [-0.39, 0.29) is 29.4 Å². The lowest BCUT2D eigenvalue weighted by Crippen LogP contribution is -2.12. The Balaban J connectivity index is 1.98. The number of ether oxygens (including phenoxy) is 4. The average Bonchev–Trinajstić information content (AvgIpc) is 2.75. The van der Waals surface area contributed by atoms with Gasteiger partial charge in [0.2, 0.25) is 0 Å². The van der Waals surface area contributed by atoms with Crippen molar-refractivity contribution in [2.45, 2.75) is 5.92 Å². The van der Waals surface area contributed by atoms with Crippen LogP contribution >= 0.6 is 0 Å². The van der Waals surface area contributed by atoms with Gasteiger partial charge in [0.1, 0.15) is 35.9 Å². The van der Waals surface area contributed by atoms with Crippen LogP contribution in [-0.2, 0) is 9.59 Å². The van der Waals surface area contributed by atoms with Gasteiger partial charge >= 0.3 is 5.97 Å². The van der Waals surface area contributed by atoms with Crippen molar-refractivity contribution in [1.29, 1.82) is 0 Å². The summed E-state index contributed by atoms with van der Waals surface area (Å²) in [4.78, 5) is 22.4. The second-order valence-corrected chi connectivity index (χ2v) is 6.30. The van der Waals surface area contributed by atoms with E-state index in [9.17, 15) is 14.7 Å². The predicted molar refractivity (Wildman–Crippen MR) is 107 cm³/mol. The molecular formula is C22H20O8. The molecule has 2 aromatic rings. The first kappa shape index (κ1) is 20.8. The minimum Gasteiger partial charge on any atom is -0.507 e. The van der Waals surface area contributed by atoms with Gasteiger partial charge in [-0.2, -0.15) is 0 Å². The summed E-state index contributed by atoms with van der Waals surface area (Å²) in [5, 5.41) is 19.1. The first-order valence-electron chi connectivity index (χ1n) is 8.95. The van der Waals surface area contributed by atoms with Crippen molar-refractivity contribution in [2.24, 2.45) is 0 Å². The van der Waals surface area contributed by atoms with E-state index in [2.05, 4.69) is 6.58 Å². The Morgan fingerprint density at radius 3 is 2.70 bits per heavy atom. The highest BCUT2D eigenvalue weighted by molar-refractivity contribution is 5.79. The molecule has 1 aliphatic rings. The normalized spacial score (nSPS) is 14.6. The van der Waals surface area contributed by atoms with Crippen molar-refractivity contribution in [3.8, 4) is 28.7 Å². The Kier molecular flexibility index (Phi) is 6.26. The predicted octanol–water partition coefficient (Wildman–Crippen LogP) is 3.15. The molecule has 1 aliphatic heterocycles. The fourth-order valence-corrected chi connectivity index (χ4v) is 2.99. The minimum atomic E-state index is -1.16. The lowest BCUT2D eigenvalue weighted by molar-refractivity contribution is -0.139.